The number of nitrogens with one attached hydrogen (secondary N) is 1. The summed E-state index contributed by atoms with van der Waals surface area (Å²) in [5, 5.41) is 3.62. The minimum absolute atomic E-state index is 0.159. The second kappa shape index (κ2) is 5.97. The summed E-state index contributed by atoms with van der Waals surface area (Å²) in [5.41, 5.74) is 16.0. The van der Waals surface area contributed by atoms with Crippen molar-refractivity contribution in [3.8, 4) is 11.1 Å². The summed E-state index contributed by atoms with van der Waals surface area (Å²) in [6.45, 7) is 1.54. The number of benzene rings is 2. The van der Waals surface area contributed by atoms with Crippen molar-refractivity contribution in [2.45, 2.75) is 12.5 Å². The van der Waals surface area contributed by atoms with Crippen molar-refractivity contribution >= 4 is 5.96 Å². The fraction of sp³-hybridized carbons (Fsp3) is 0.235. The largest absolute Gasteiger partial charge is 0.370 e. The molecule has 0 radical (unpaired) electrons. The van der Waals surface area contributed by atoms with Gasteiger partial charge in [0, 0.05) is 6.54 Å². The normalized spacial score (nSPS) is 12.8. The third-order valence-corrected chi connectivity index (χ3v) is 3.81. The molecule has 0 atom stereocenters. The average molecular weight is 280 g/mol. The minimum Gasteiger partial charge on any atom is -0.370 e. The third-order valence-electron chi connectivity index (χ3n) is 3.81. The van der Waals surface area contributed by atoms with Gasteiger partial charge in [0.15, 0.2) is 5.96 Å². The Kier molecular flexibility index (Phi) is 3.88. The Labute approximate surface area is 124 Å². The van der Waals surface area contributed by atoms with Gasteiger partial charge in [-0.1, -0.05) is 48.5 Å². The van der Waals surface area contributed by atoms with E-state index in [-0.39, 0.29) is 12.0 Å². The first-order valence-electron chi connectivity index (χ1n) is 7.24. The molecule has 2 aromatic rings. The quantitative estimate of drug-likeness (QED) is 0.445. The van der Waals surface area contributed by atoms with E-state index in [0.717, 1.165) is 13.0 Å². The van der Waals surface area contributed by atoms with Gasteiger partial charge in [0.25, 0.3) is 0 Å². The van der Waals surface area contributed by atoms with E-state index in [4.69, 9.17) is 11.5 Å². The van der Waals surface area contributed by atoms with Gasteiger partial charge in [0.2, 0.25) is 0 Å². The van der Waals surface area contributed by atoms with E-state index in [1.165, 1.54) is 22.3 Å². The molecule has 108 valence electrons. The van der Waals surface area contributed by atoms with Crippen molar-refractivity contribution in [3.63, 3.8) is 0 Å². The van der Waals surface area contributed by atoms with Gasteiger partial charge in [0.1, 0.15) is 0 Å². The molecular weight excluding hydrogens is 260 g/mol. The predicted octanol–water partition coefficient (Wildman–Crippen LogP) is 2.01. The zero-order valence-electron chi connectivity index (χ0n) is 11.9. The molecule has 0 saturated carbocycles. The average Bonchev–Trinajstić information content (AvgIpc) is 2.81. The number of aliphatic imine (C=N–C) groups is 1. The van der Waals surface area contributed by atoms with Gasteiger partial charge in [-0.05, 0) is 35.2 Å². The molecular formula is C17H20N4. The molecule has 0 unspecified atom stereocenters. The number of hydrogen-bond donors (Lipinski definition) is 3. The highest BCUT2D eigenvalue weighted by Gasteiger charge is 2.26. The molecule has 1 aliphatic rings. The fourth-order valence-corrected chi connectivity index (χ4v) is 2.91. The van der Waals surface area contributed by atoms with Crippen LogP contribution in [0.25, 0.3) is 11.1 Å². The van der Waals surface area contributed by atoms with E-state index in [1.807, 2.05) is 0 Å². The lowest BCUT2D eigenvalue weighted by atomic mass is 10.1. The third kappa shape index (κ3) is 2.76. The molecule has 0 heterocycles. The maximum absolute atomic E-state index is 5.33. The summed E-state index contributed by atoms with van der Waals surface area (Å²) in [4.78, 5) is 4.01. The second-order valence-electron chi connectivity index (χ2n) is 5.22. The van der Waals surface area contributed by atoms with E-state index in [2.05, 4.69) is 58.8 Å². The molecule has 0 fully saturated rings. The molecule has 2 aromatic carbocycles. The van der Waals surface area contributed by atoms with Crippen molar-refractivity contribution in [1.82, 2.24) is 5.32 Å². The van der Waals surface area contributed by atoms with Crippen molar-refractivity contribution in [2.75, 3.05) is 13.1 Å². The van der Waals surface area contributed by atoms with Gasteiger partial charge in [0.05, 0.1) is 6.04 Å². The number of guanidine groups is 1. The van der Waals surface area contributed by atoms with Crippen molar-refractivity contribution < 1.29 is 0 Å². The molecule has 0 bridgehead atoms. The summed E-state index contributed by atoms with van der Waals surface area (Å²) in [7, 11) is 0. The molecule has 0 amide bonds. The fourth-order valence-electron chi connectivity index (χ4n) is 2.91. The lowest BCUT2D eigenvalue weighted by Gasteiger charge is -2.15. The second-order valence-corrected chi connectivity index (χ2v) is 5.22. The van der Waals surface area contributed by atoms with E-state index in [0.29, 0.717) is 6.54 Å². The summed E-state index contributed by atoms with van der Waals surface area (Å²) in [6.07, 6.45) is 0.915. The zero-order chi connectivity index (χ0) is 14.7. The van der Waals surface area contributed by atoms with Crippen molar-refractivity contribution in [2.24, 2.45) is 16.5 Å². The summed E-state index contributed by atoms with van der Waals surface area (Å²) >= 11 is 0. The number of fused-ring (bicyclic) bond motifs is 3. The van der Waals surface area contributed by atoms with Gasteiger partial charge >= 0.3 is 0 Å². The van der Waals surface area contributed by atoms with Gasteiger partial charge in [-0.3, -0.25) is 4.99 Å². The van der Waals surface area contributed by atoms with Crippen LogP contribution < -0.4 is 16.8 Å². The van der Waals surface area contributed by atoms with Crippen LogP contribution in [0.4, 0.5) is 0 Å². The van der Waals surface area contributed by atoms with E-state index < -0.39 is 0 Å². The number of hydrogen-bond acceptors (Lipinski definition) is 2. The molecule has 0 aliphatic heterocycles. The monoisotopic (exact) mass is 280 g/mol. The minimum atomic E-state index is 0.159. The predicted molar refractivity (Wildman–Crippen MR) is 87.0 cm³/mol. The Balaban J connectivity index is 1.75. The van der Waals surface area contributed by atoms with Gasteiger partial charge in [-0.25, -0.2) is 0 Å². The van der Waals surface area contributed by atoms with Crippen LogP contribution in [0.5, 0.6) is 0 Å². The number of nitrogens with zero attached hydrogens (tertiary/aromatic N) is 1. The molecule has 0 spiro atoms. The van der Waals surface area contributed by atoms with E-state index >= 15 is 0 Å². The maximum atomic E-state index is 5.33. The highest BCUT2D eigenvalue weighted by atomic mass is 15.0. The van der Waals surface area contributed by atoms with Crippen LogP contribution in [0.3, 0.4) is 0 Å². The molecule has 3 rings (SSSR count). The summed E-state index contributed by atoms with van der Waals surface area (Å²) in [6, 6.07) is 17.4. The first-order chi connectivity index (χ1) is 10.3. The summed E-state index contributed by atoms with van der Waals surface area (Å²) in [5.74, 6) is 0.159. The lowest BCUT2D eigenvalue weighted by Crippen LogP contribution is -2.25. The highest BCUT2D eigenvalue weighted by molar-refractivity contribution is 5.78. The van der Waals surface area contributed by atoms with Gasteiger partial charge in [-0.2, -0.15) is 0 Å². The topological polar surface area (TPSA) is 76.4 Å². The van der Waals surface area contributed by atoms with Crippen LogP contribution in [0.15, 0.2) is 53.5 Å². The van der Waals surface area contributed by atoms with Gasteiger partial charge in [-0.15, -0.1) is 0 Å². The van der Waals surface area contributed by atoms with Gasteiger partial charge < -0.3 is 16.8 Å². The van der Waals surface area contributed by atoms with Crippen LogP contribution in [0, 0.1) is 0 Å². The van der Waals surface area contributed by atoms with Crippen LogP contribution >= 0.6 is 0 Å². The smallest absolute Gasteiger partial charge is 0.185 e. The Morgan fingerprint density at radius 1 is 0.952 bits per heavy atom. The standard InChI is InChI=1S/C17H20N4/c18-17(19)21-11-5-10-20-16-14-8-3-1-6-12(14)13-7-2-4-9-15(13)16/h1-4,6-9,16,20H,5,10-11H2,(H4,18,19,21). The molecule has 0 aromatic heterocycles. The Hall–Kier alpha value is -2.33. The van der Waals surface area contributed by atoms with Crippen molar-refractivity contribution in [1.29, 1.82) is 0 Å². The Bertz CT molecular complexity index is 614. The molecule has 21 heavy (non-hydrogen) atoms. The first-order valence-corrected chi connectivity index (χ1v) is 7.24. The SMILES string of the molecule is NC(N)=NCCCNC1c2ccccc2-c2ccccc21. The molecule has 4 nitrogen and oxygen atoms in total. The lowest BCUT2D eigenvalue weighted by molar-refractivity contribution is 0.596. The molecule has 1 aliphatic carbocycles. The summed E-state index contributed by atoms with van der Waals surface area (Å²) < 4.78 is 0. The maximum Gasteiger partial charge on any atom is 0.185 e. The van der Waals surface area contributed by atoms with Crippen LogP contribution in [0.1, 0.15) is 23.6 Å². The Morgan fingerprint density at radius 3 is 2.10 bits per heavy atom. The number of rotatable bonds is 5. The Morgan fingerprint density at radius 2 is 1.52 bits per heavy atom. The van der Waals surface area contributed by atoms with Crippen LogP contribution in [-0.4, -0.2) is 19.0 Å². The van der Waals surface area contributed by atoms with E-state index in [9.17, 15) is 0 Å². The van der Waals surface area contributed by atoms with Crippen LogP contribution in [0.2, 0.25) is 0 Å². The van der Waals surface area contributed by atoms with Crippen molar-refractivity contribution in [3.05, 3.63) is 59.7 Å². The molecule has 0 saturated heterocycles. The molecule has 4 heteroatoms. The first kappa shape index (κ1) is 13.6. The molecule has 5 N–H and O–H groups in total. The highest BCUT2D eigenvalue weighted by Crippen LogP contribution is 2.42. The van der Waals surface area contributed by atoms with Crippen LogP contribution in [-0.2, 0) is 0 Å². The number of nitrogens with two attached hydrogens (primary N) is 2. The zero-order valence-corrected chi connectivity index (χ0v) is 11.9. The van der Waals surface area contributed by atoms with E-state index in [1.54, 1.807) is 0 Å².